The van der Waals surface area contributed by atoms with E-state index < -0.39 is 5.91 Å². The maximum atomic E-state index is 13.6. The Morgan fingerprint density at radius 2 is 1.82 bits per heavy atom. The van der Waals surface area contributed by atoms with Crippen molar-refractivity contribution >= 4 is 45.1 Å². The first-order valence-electron chi connectivity index (χ1n) is 11.1. The molecule has 5 rings (SSSR count). The van der Waals surface area contributed by atoms with Crippen LogP contribution in [0.4, 0.5) is 0 Å². The van der Waals surface area contributed by atoms with Crippen LogP contribution in [0, 0.1) is 6.92 Å². The topological polar surface area (TPSA) is 81.1 Å². The van der Waals surface area contributed by atoms with Crippen LogP contribution in [0.2, 0.25) is 0 Å². The van der Waals surface area contributed by atoms with Gasteiger partial charge in [-0.15, -0.1) is 11.3 Å². The van der Waals surface area contributed by atoms with Crippen LogP contribution < -0.4 is 10.9 Å². The molecule has 2 aromatic heterocycles. The number of thiophene rings is 1. The fraction of sp³-hybridized carbons (Fsp3) is 0.231. The third kappa shape index (κ3) is 4.56. The Labute approximate surface area is 205 Å². The second kappa shape index (κ2) is 9.56. The standard InChI is InChI=1S/C26H23N3O3S2/c1-16-10-12-18(13-11-16)29-25(32)23-19-8-5-9-20(19)34-24(23)28-26(29)33-15-22(31)27-21(30)14-17-6-3-2-4-7-17/h2-4,6-7,10-13H,5,8-9,14-15H2,1H3,(H,27,30,31). The Kier molecular flexibility index (Phi) is 6.34. The van der Waals surface area contributed by atoms with Gasteiger partial charge in [-0.05, 0) is 49.4 Å². The monoisotopic (exact) mass is 489 g/mol. The van der Waals surface area contributed by atoms with Crippen molar-refractivity contribution in [3.05, 3.63) is 86.5 Å². The molecule has 172 valence electrons. The first-order chi connectivity index (χ1) is 16.5. The summed E-state index contributed by atoms with van der Waals surface area (Å²) in [6, 6.07) is 17.0. The summed E-state index contributed by atoms with van der Waals surface area (Å²) in [5.41, 5.74) is 3.67. The van der Waals surface area contributed by atoms with Gasteiger partial charge < -0.3 is 0 Å². The van der Waals surface area contributed by atoms with Crippen LogP contribution in [-0.2, 0) is 28.9 Å². The average Bonchev–Trinajstić information content (AvgIpc) is 3.40. The van der Waals surface area contributed by atoms with E-state index >= 15 is 0 Å². The maximum Gasteiger partial charge on any atom is 0.267 e. The molecule has 0 spiro atoms. The molecule has 0 fully saturated rings. The second-order valence-electron chi connectivity index (χ2n) is 8.33. The summed E-state index contributed by atoms with van der Waals surface area (Å²) >= 11 is 2.74. The first-order valence-corrected chi connectivity index (χ1v) is 12.9. The highest BCUT2D eigenvalue weighted by Crippen LogP contribution is 2.36. The van der Waals surface area contributed by atoms with Crippen molar-refractivity contribution in [3.8, 4) is 5.69 Å². The summed E-state index contributed by atoms with van der Waals surface area (Å²) in [6.07, 6.45) is 3.08. The van der Waals surface area contributed by atoms with Gasteiger partial charge in [0.2, 0.25) is 11.8 Å². The number of fused-ring (bicyclic) bond motifs is 3. The minimum absolute atomic E-state index is 0.0184. The fourth-order valence-corrected chi connectivity index (χ4v) is 6.31. The summed E-state index contributed by atoms with van der Waals surface area (Å²) in [6.45, 7) is 1.99. The van der Waals surface area contributed by atoms with E-state index in [1.54, 1.807) is 15.9 Å². The van der Waals surface area contributed by atoms with E-state index in [0.717, 1.165) is 40.8 Å². The largest absolute Gasteiger partial charge is 0.295 e. The lowest BCUT2D eigenvalue weighted by Crippen LogP contribution is -2.33. The maximum absolute atomic E-state index is 13.6. The Morgan fingerprint density at radius 1 is 1.06 bits per heavy atom. The van der Waals surface area contributed by atoms with Crippen molar-refractivity contribution in [1.82, 2.24) is 14.9 Å². The van der Waals surface area contributed by atoms with Gasteiger partial charge in [0, 0.05) is 4.88 Å². The third-order valence-corrected chi connectivity index (χ3v) is 7.94. The van der Waals surface area contributed by atoms with Crippen LogP contribution in [-0.4, -0.2) is 27.1 Å². The summed E-state index contributed by atoms with van der Waals surface area (Å²) in [5.74, 6) is -0.787. The summed E-state index contributed by atoms with van der Waals surface area (Å²) in [7, 11) is 0. The minimum atomic E-state index is -0.413. The van der Waals surface area contributed by atoms with Gasteiger partial charge in [-0.2, -0.15) is 0 Å². The number of nitrogens with zero attached hydrogens (tertiary/aromatic N) is 2. The van der Waals surface area contributed by atoms with Crippen LogP contribution in [0.25, 0.3) is 15.9 Å². The number of amides is 2. The highest BCUT2D eigenvalue weighted by atomic mass is 32.2. The lowest BCUT2D eigenvalue weighted by atomic mass is 10.1. The van der Waals surface area contributed by atoms with Crippen molar-refractivity contribution in [1.29, 1.82) is 0 Å². The zero-order valence-corrected chi connectivity index (χ0v) is 20.3. The van der Waals surface area contributed by atoms with Gasteiger partial charge in [0.05, 0.1) is 23.2 Å². The average molecular weight is 490 g/mol. The van der Waals surface area contributed by atoms with E-state index in [4.69, 9.17) is 4.98 Å². The lowest BCUT2D eigenvalue weighted by molar-refractivity contribution is -0.128. The molecule has 0 saturated heterocycles. The lowest BCUT2D eigenvalue weighted by Gasteiger charge is -2.13. The van der Waals surface area contributed by atoms with Gasteiger partial charge in [0.15, 0.2) is 5.16 Å². The van der Waals surface area contributed by atoms with Crippen molar-refractivity contribution in [2.45, 2.75) is 37.8 Å². The second-order valence-corrected chi connectivity index (χ2v) is 10.4. The van der Waals surface area contributed by atoms with E-state index in [9.17, 15) is 14.4 Å². The molecule has 2 amide bonds. The smallest absolute Gasteiger partial charge is 0.267 e. The van der Waals surface area contributed by atoms with E-state index in [2.05, 4.69) is 5.32 Å². The summed E-state index contributed by atoms with van der Waals surface area (Å²) in [5, 5.41) is 3.59. The Morgan fingerprint density at radius 3 is 2.59 bits per heavy atom. The van der Waals surface area contributed by atoms with Crippen LogP contribution in [0.15, 0.2) is 64.5 Å². The molecule has 2 aromatic carbocycles. The molecule has 1 aliphatic carbocycles. The van der Waals surface area contributed by atoms with E-state index in [0.29, 0.717) is 16.2 Å². The number of rotatable bonds is 6. The molecule has 1 N–H and O–H groups in total. The van der Waals surface area contributed by atoms with E-state index in [1.165, 1.54) is 16.6 Å². The predicted octanol–water partition coefficient (Wildman–Crippen LogP) is 4.22. The number of aryl methyl sites for hydroxylation is 3. The molecule has 1 aliphatic rings. The normalized spacial score (nSPS) is 12.6. The quantitative estimate of drug-likeness (QED) is 0.324. The highest BCUT2D eigenvalue weighted by Gasteiger charge is 2.24. The molecular formula is C26H23N3O3S2. The van der Waals surface area contributed by atoms with Crippen LogP contribution in [0.3, 0.4) is 0 Å². The van der Waals surface area contributed by atoms with Crippen LogP contribution in [0.1, 0.15) is 28.0 Å². The summed E-state index contributed by atoms with van der Waals surface area (Å²) < 4.78 is 1.59. The van der Waals surface area contributed by atoms with Crippen molar-refractivity contribution in [3.63, 3.8) is 0 Å². The van der Waals surface area contributed by atoms with Gasteiger partial charge >= 0.3 is 0 Å². The fourth-order valence-electron chi connectivity index (χ4n) is 4.19. The molecule has 4 aromatic rings. The molecule has 0 unspecified atom stereocenters. The highest BCUT2D eigenvalue weighted by molar-refractivity contribution is 7.99. The molecule has 0 saturated carbocycles. The molecule has 0 aliphatic heterocycles. The molecule has 8 heteroatoms. The Balaban J connectivity index is 1.41. The number of carbonyl (C=O) groups is 2. The van der Waals surface area contributed by atoms with Crippen molar-refractivity contribution in [2.75, 3.05) is 5.75 Å². The van der Waals surface area contributed by atoms with Crippen LogP contribution in [0.5, 0.6) is 0 Å². The van der Waals surface area contributed by atoms with Gasteiger partial charge in [0.1, 0.15) is 4.83 Å². The van der Waals surface area contributed by atoms with E-state index in [1.807, 2.05) is 61.5 Å². The van der Waals surface area contributed by atoms with Crippen LogP contribution >= 0.6 is 23.1 Å². The molecule has 0 bridgehead atoms. The number of imide groups is 1. The number of hydrogen-bond acceptors (Lipinski definition) is 6. The number of hydrogen-bond donors (Lipinski definition) is 1. The number of carbonyl (C=O) groups excluding carboxylic acids is 2. The third-order valence-electron chi connectivity index (χ3n) is 5.82. The van der Waals surface area contributed by atoms with Gasteiger partial charge in [0.25, 0.3) is 5.56 Å². The van der Waals surface area contributed by atoms with Gasteiger partial charge in [-0.3, -0.25) is 24.3 Å². The Hall–Kier alpha value is -3.23. The Bertz CT molecular complexity index is 1440. The van der Waals surface area contributed by atoms with Crippen molar-refractivity contribution < 1.29 is 9.59 Å². The number of aromatic nitrogens is 2. The number of nitrogens with one attached hydrogen (secondary N) is 1. The predicted molar refractivity (Wildman–Crippen MR) is 136 cm³/mol. The number of thioether (sulfide) groups is 1. The van der Waals surface area contributed by atoms with Gasteiger partial charge in [-0.25, -0.2) is 4.98 Å². The zero-order valence-electron chi connectivity index (χ0n) is 18.7. The van der Waals surface area contributed by atoms with Gasteiger partial charge in [-0.1, -0.05) is 59.8 Å². The molecule has 0 atom stereocenters. The first kappa shape index (κ1) is 22.6. The van der Waals surface area contributed by atoms with Crippen molar-refractivity contribution in [2.24, 2.45) is 0 Å². The zero-order chi connectivity index (χ0) is 23.7. The molecule has 6 nitrogen and oxygen atoms in total. The summed E-state index contributed by atoms with van der Waals surface area (Å²) in [4.78, 5) is 45.2. The molecular weight excluding hydrogens is 466 g/mol. The SMILES string of the molecule is Cc1ccc(-n2c(SCC(=O)NC(=O)Cc3ccccc3)nc3sc4c(c3c2=O)CCC4)cc1. The minimum Gasteiger partial charge on any atom is -0.295 e. The van der Waals surface area contributed by atoms with E-state index in [-0.39, 0.29) is 23.6 Å². The molecule has 34 heavy (non-hydrogen) atoms. The molecule has 2 heterocycles. The molecule has 0 radical (unpaired) electrons. The number of benzene rings is 2.